The van der Waals surface area contributed by atoms with Gasteiger partial charge < -0.3 is 9.47 Å². The lowest BCUT2D eigenvalue weighted by atomic mass is 9.90. The van der Waals surface area contributed by atoms with Crippen molar-refractivity contribution < 1.29 is 9.47 Å². The van der Waals surface area contributed by atoms with Crippen LogP contribution in [0.2, 0.25) is 0 Å². The first-order chi connectivity index (χ1) is 11.9. The molecule has 1 saturated carbocycles. The maximum absolute atomic E-state index is 6.20. The largest absolute Gasteiger partial charge is 0.493 e. The zero-order valence-electron chi connectivity index (χ0n) is 14.9. The van der Waals surface area contributed by atoms with Gasteiger partial charge in [0.25, 0.3) is 0 Å². The summed E-state index contributed by atoms with van der Waals surface area (Å²) in [5.74, 6) is 2.70. The molecule has 0 heterocycles. The molecule has 0 radical (unpaired) electrons. The van der Waals surface area contributed by atoms with Crippen molar-refractivity contribution in [2.75, 3.05) is 13.2 Å². The third-order valence-corrected chi connectivity index (χ3v) is 5.05. The van der Waals surface area contributed by atoms with Gasteiger partial charge in [0.15, 0.2) is 0 Å². The third kappa shape index (κ3) is 4.43. The molecule has 0 aromatic heterocycles. The summed E-state index contributed by atoms with van der Waals surface area (Å²) in [6.45, 7) is 3.86. The minimum atomic E-state index is 0.725. The lowest BCUT2D eigenvalue weighted by Crippen LogP contribution is -2.15. The second-order valence-electron chi connectivity index (χ2n) is 6.98. The number of hydrogen-bond acceptors (Lipinski definition) is 2. The van der Waals surface area contributed by atoms with Crippen molar-refractivity contribution >= 4 is 10.8 Å². The molecule has 0 atom stereocenters. The summed E-state index contributed by atoms with van der Waals surface area (Å²) in [6.07, 6.45) is 10.3. The molecule has 0 saturated heterocycles. The van der Waals surface area contributed by atoms with Crippen LogP contribution in [-0.4, -0.2) is 13.2 Å². The second kappa shape index (κ2) is 8.96. The SMILES string of the molecule is CCCCCOc1ccc(OCC2CCCCC2)c2ccccc12. The van der Waals surface area contributed by atoms with E-state index in [2.05, 4.69) is 43.3 Å². The number of rotatable bonds is 8. The van der Waals surface area contributed by atoms with Gasteiger partial charge in [-0.1, -0.05) is 63.3 Å². The Morgan fingerprint density at radius 1 is 0.833 bits per heavy atom. The molecular weight excluding hydrogens is 296 g/mol. The van der Waals surface area contributed by atoms with Crippen molar-refractivity contribution in [3.8, 4) is 11.5 Å². The molecule has 2 nitrogen and oxygen atoms in total. The van der Waals surface area contributed by atoms with E-state index in [9.17, 15) is 0 Å². The van der Waals surface area contributed by atoms with Gasteiger partial charge >= 0.3 is 0 Å². The molecule has 0 bridgehead atoms. The van der Waals surface area contributed by atoms with Crippen molar-refractivity contribution in [1.82, 2.24) is 0 Å². The van der Waals surface area contributed by atoms with Crippen LogP contribution in [0.1, 0.15) is 58.3 Å². The Labute approximate surface area is 146 Å². The first-order valence-electron chi connectivity index (χ1n) is 9.66. The zero-order valence-corrected chi connectivity index (χ0v) is 14.9. The van der Waals surface area contributed by atoms with Gasteiger partial charge in [0.05, 0.1) is 13.2 Å². The third-order valence-electron chi connectivity index (χ3n) is 5.05. The van der Waals surface area contributed by atoms with E-state index in [1.54, 1.807) is 0 Å². The summed E-state index contributed by atoms with van der Waals surface area (Å²) in [5.41, 5.74) is 0. The Hall–Kier alpha value is -1.70. The van der Waals surface area contributed by atoms with Crippen molar-refractivity contribution in [3.63, 3.8) is 0 Å². The first kappa shape index (κ1) is 17.1. The molecule has 130 valence electrons. The van der Waals surface area contributed by atoms with E-state index >= 15 is 0 Å². The molecule has 0 amide bonds. The van der Waals surface area contributed by atoms with Gasteiger partial charge in [-0.3, -0.25) is 0 Å². The standard InChI is InChI=1S/C22H30O2/c1-2-3-9-16-23-21-14-15-22(20-13-8-7-12-19(20)21)24-17-18-10-5-4-6-11-18/h7-8,12-15,18H,2-6,9-11,16-17H2,1H3. The number of benzene rings is 2. The highest BCUT2D eigenvalue weighted by Gasteiger charge is 2.15. The molecule has 2 heteroatoms. The normalized spacial score (nSPS) is 15.5. The Morgan fingerprint density at radius 2 is 1.50 bits per heavy atom. The zero-order chi connectivity index (χ0) is 16.6. The summed E-state index contributed by atoms with van der Waals surface area (Å²) in [4.78, 5) is 0. The van der Waals surface area contributed by atoms with Gasteiger partial charge in [-0.15, -0.1) is 0 Å². The lowest BCUT2D eigenvalue weighted by molar-refractivity contribution is 0.210. The Morgan fingerprint density at radius 3 is 2.17 bits per heavy atom. The highest BCUT2D eigenvalue weighted by Crippen LogP contribution is 2.34. The number of fused-ring (bicyclic) bond motifs is 1. The smallest absolute Gasteiger partial charge is 0.127 e. The van der Waals surface area contributed by atoms with Crippen molar-refractivity contribution in [1.29, 1.82) is 0 Å². The molecule has 24 heavy (non-hydrogen) atoms. The van der Waals surface area contributed by atoms with Crippen LogP contribution in [0.15, 0.2) is 36.4 Å². The van der Waals surface area contributed by atoms with Gasteiger partial charge in [0.1, 0.15) is 11.5 Å². The van der Waals surface area contributed by atoms with Gasteiger partial charge in [0, 0.05) is 10.8 Å². The average molecular weight is 326 g/mol. The van der Waals surface area contributed by atoms with Crippen LogP contribution >= 0.6 is 0 Å². The predicted octanol–water partition coefficient (Wildman–Crippen LogP) is 6.37. The molecule has 0 spiro atoms. The minimum Gasteiger partial charge on any atom is -0.493 e. The Bertz CT molecular complexity index is 629. The summed E-state index contributed by atoms with van der Waals surface area (Å²) in [6, 6.07) is 12.6. The molecular formula is C22H30O2. The van der Waals surface area contributed by atoms with Crippen LogP contribution < -0.4 is 9.47 Å². The molecule has 0 unspecified atom stereocenters. The van der Waals surface area contributed by atoms with E-state index < -0.39 is 0 Å². The fourth-order valence-electron chi connectivity index (χ4n) is 3.59. The fourth-order valence-corrected chi connectivity index (χ4v) is 3.59. The average Bonchev–Trinajstić information content (AvgIpc) is 2.65. The van der Waals surface area contributed by atoms with Crippen LogP contribution in [0.4, 0.5) is 0 Å². The molecule has 1 fully saturated rings. The molecule has 2 aromatic carbocycles. The minimum absolute atomic E-state index is 0.725. The van der Waals surface area contributed by atoms with E-state index in [1.165, 1.54) is 50.3 Å². The number of hydrogen-bond donors (Lipinski definition) is 0. The maximum atomic E-state index is 6.20. The van der Waals surface area contributed by atoms with Gasteiger partial charge in [-0.2, -0.15) is 0 Å². The molecule has 1 aliphatic rings. The first-order valence-corrected chi connectivity index (χ1v) is 9.66. The fraction of sp³-hybridized carbons (Fsp3) is 0.545. The van der Waals surface area contributed by atoms with Crippen LogP contribution in [0.5, 0.6) is 11.5 Å². The van der Waals surface area contributed by atoms with E-state index in [0.717, 1.165) is 42.4 Å². The van der Waals surface area contributed by atoms with Crippen molar-refractivity contribution in [3.05, 3.63) is 36.4 Å². The second-order valence-corrected chi connectivity index (χ2v) is 6.98. The Kier molecular flexibility index (Phi) is 6.40. The van der Waals surface area contributed by atoms with Crippen LogP contribution in [0, 0.1) is 5.92 Å². The maximum Gasteiger partial charge on any atom is 0.127 e. The molecule has 0 aliphatic heterocycles. The predicted molar refractivity (Wildman–Crippen MR) is 101 cm³/mol. The van der Waals surface area contributed by atoms with Crippen LogP contribution in [0.25, 0.3) is 10.8 Å². The molecule has 3 rings (SSSR count). The van der Waals surface area contributed by atoms with Gasteiger partial charge in [0.2, 0.25) is 0 Å². The molecule has 1 aliphatic carbocycles. The van der Waals surface area contributed by atoms with E-state index in [-0.39, 0.29) is 0 Å². The van der Waals surface area contributed by atoms with E-state index in [4.69, 9.17) is 9.47 Å². The Balaban J connectivity index is 1.69. The van der Waals surface area contributed by atoms with Crippen molar-refractivity contribution in [2.24, 2.45) is 5.92 Å². The highest BCUT2D eigenvalue weighted by atomic mass is 16.5. The summed E-state index contributed by atoms with van der Waals surface area (Å²) >= 11 is 0. The van der Waals surface area contributed by atoms with Crippen LogP contribution in [-0.2, 0) is 0 Å². The van der Waals surface area contributed by atoms with E-state index in [1.807, 2.05) is 0 Å². The number of unbranched alkanes of at least 4 members (excludes halogenated alkanes) is 2. The van der Waals surface area contributed by atoms with E-state index in [0.29, 0.717) is 0 Å². The topological polar surface area (TPSA) is 18.5 Å². The summed E-state index contributed by atoms with van der Waals surface area (Å²) in [5, 5.41) is 2.33. The van der Waals surface area contributed by atoms with Crippen molar-refractivity contribution in [2.45, 2.75) is 58.3 Å². The van der Waals surface area contributed by atoms with Gasteiger partial charge in [-0.05, 0) is 37.3 Å². The highest BCUT2D eigenvalue weighted by molar-refractivity contribution is 5.93. The number of ether oxygens (including phenoxy) is 2. The summed E-state index contributed by atoms with van der Waals surface area (Å²) in [7, 11) is 0. The van der Waals surface area contributed by atoms with Gasteiger partial charge in [-0.25, -0.2) is 0 Å². The molecule has 0 N–H and O–H groups in total. The monoisotopic (exact) mass is 326 g/mol. The molecule has 2 aromatic rings. The summed E-state index contributed by atoms with van der Waals surface area (Å²) < 4.78 is 12.2. The lowest BCUT2D eigenvalue weighted by Gasteiger charge is -2.22. The quantitative estimate of drug-likeness (QED) is 0.525. The van der Waals surface area contributed by atoms with Crippen LogP contribution in [0.3, 0.4) is 0 Å².